The summed E-state index contributed by atoms with van der Waals surface area (Å²) in [6, 6.07) is 73.9. The number of allylic oxidation sites excluding steroid dienone is 5. The number of nitrogens with zero attached hydrogens (tertiary/aromatic N) is 1. The van der Waals surface area contributed by atoms with E-state index in [1.807, 2.05) is 0 Å². The second-order valence-corrected chi connectivity index (χ2v) is 16.2. The maximum Gasteiger partial charge on any atom is 0.0546 e. The molecular formula is C60H45N. The highest BCUT2D eigenvalue weighted by Crippen LogP contribution is 2.49. The first kappa shape index (κ1) is 36.6. The maximum atomic E-state index is 2.52. The van der Waals surface area contributed by atoms with Gasteiger partial charge in [0.05, 0.1) is 11.4 Å². The van der Waals surface area contributed by atoms with Gasteiger partial charge in [0.1, 0.15) is 0 Å². The van der Waals surface area contributed by atoms with Crippen molar-refractivity contribution in [2.45, 2.75) is 25.7 Å². The lowest BCUT2D eigenvalue weighted by molar-refractivity contribution is 1.01. The first-order chi connectivity index (χ1) is 30.3. The van der Waals surface area contributed by atoms with Crippen molar-refractivity contribution in [3.63, 3.8) is 0 Å². The van der Waals surface area contributed by atoms with Crippen molar-refractivity contribution in [2.75, 3.05) is 4.90 Å². The molecule has 0 amide bonds. The van der Waals surface area contributed by atoms with Gasteiger partial charge in [0.2, 0.25) is 0 Å². The van der Waals surface area contributed by atoms with Gasteiger partial charge in [-0.15, -0.1) is 0 Å². The molecule has 1 nitrogen and oxygen atoms in total. The second-order valence-electron chi connectivity index (χ2n) is 16.2. The second kappa shape index (κ2) is 15.9. The average molecular weight is 780 g/mol. The fourth-order valence-electron chi connectivity index (χ4n) is 9.63. The van der Waals surface area contributed by atoms with Gasteiger partial charge in [-0.25, -0.2) is 0 Å². The molecule has 11 rings (SSSR count). The first-order valence-electron chi connectivity index (χ1n) is 21.6. The van der Waals surface area contributed by atoms with E-state index in [2.05, 4.69) is 229 Å². The Morgan fingerprint density at radius 3 is 1.74 bits per heavy atom. The molecule has 0 saturated heterocycles. The Kier molecular flexibility index (Phi) is 9.56. The first-order valence-corrected chi connectivity index (χ1v) is 21.6. The topological polar surface area (TPSA) is 3.24 Å². The molecule has 61 heavy (non-hydrogen) atoms. The number of hydrogen-bond donors (Lipinski definition) is 0. The van der Waals surface area contributed by atoms with Crippen LogP contribution in [0.3, 0.4) is 0 Å². The molecule has 0 bridgehead atoms. The Morgan fingerprint density at radius 1 is 0.393 bits per heavy atom. The molecule has 1 heteroatoms. The molecule has 2 aliphatic carbocycles. The monoisotopic (exact) mass is 779 g/mol. The van der Waals surface area contributed by atoms with Gasteiger partial charge in [-0.3, -0.25) is 0 Å². The lowest BCUT2D eigenvalue weighted by atomic mass is 9.82. The molecule has 0 aromatic heterocycles. The quantitative estimate of drug-likeness (QED) is 0.148. The van der Waals surface area contributed by atoms with E-state index in [4.69, 9.17) is 0 Å². The highest BCUT2D eigenvalue weighted by atomic mass is 15.1. The van der Waals surface area contributed by atoms with E-state index in [0.717, 1.165) is 42.7 Å². The molecular weight excluding hydrogens is 735 g/mol. The molecule has 0 atom stereocenters. The van der Waals surface area contributed by atoms with E-state index in [1.165, 1.54) is 88.3 Å². The van der Waals surface area contributed by atoms with Crippen molar-refractivity contribution in [1.82, 2.24) is 0 Å². The molecule has 0 saturated carbocycles. The zero-order valence-corrected chi connectivity index (χ0v) is 34.1. The van der Waals surface area contributed by atoms with Crippen LogP contribution in [0.1, 0.15) is 41.5 Å². The van der Waals surface area contributed by atoms with Crippen LogP contribution >= 0.6 is 0 Å². The average Bonchev–Trinajstić information content (AvgIpc) is 3.35. The molecule has 2 aliphatic rings. The Balaban J connectivity index is 1.18. The van der Waals surface area contributed by atoms with E-state index in [-0.39, 0.29) is 0 Å². The summed E-state index contributed by atoms with van der Waals surface area (Å²) in [6.07, 6.45) is 13.5. The van der Waals surface area contributed by atoms with Gasteiger partial charge < -0.3 is 4.90 Å². The van der Waals surface area contributed by atoms with Crippen molar-refractivity contribution < 1.29 is 0 Å². The third-order valence-corrected chi connectivity index (χ3v) is 12.6. The van der Waals surface area contributed by atoms with E-state index < -0.39 is 0 Å². The molecule has 0 N–H and O–H groups in total. The van der Waals surface area contributed by atoms with Crippen LogP contribution in [0, 0.1) is 0 Å². The van der Waals surface area contributed by atoms with Gasteiger partial charge in [-0.2, -0.15) is 0 Å². The summed E-state index contributed by atoms with van der Waals surface area (Å²) in [5, 5.41) is 5.10. The zero-order chi connectivity index (χ0) is 40.5. The summed E-state index contributed by atoms with van der Waals surface area (Å²) in [5.74, 6) is 0. The van der Waals surface area contributed by atoms with E-state index >= 15 is 0 Å². The largest absolute Gasteiger partial charge is 0.309 e. The van der Waals surface area contributed by atoms with Crippen LogP contribution in [0.25, 0.3) is 72.1 Å². The fourth-order valence-corrected chi connectivity index (χ4v) is 9.63. The number of benzene rings is 9. The molecule has 0 aliphatic heterocycles. The summed E-state index contributed by atoms with van der Waals surface area (Å²) < 4.78 is 0. The van der Waals surface area contributed by atoms with Gasteiger partial charge in [-0.1, -0.05) is 194 Å². The van der Waals surface area contributed by atoms with Crippen LogP contribution in [0.5, 0.6) is 0 Å². The smallest absolute Gasteiger partial charge is 0.0546 e. The number of anilines is 3. The van der Waals surface area contributed by atoms with Crippen LogP contribution in [0.15, 0.2) is 218 Å². The van der Waals surface area contributed by atoms with Crippen molar-refractivity contribution >= 4 is 55.8 Å². The van der Waals surface area contributed by atoms with Crippen molar-refractivity contribution in [1.29, 1.82) is 0 Å². The van der Waals surface area contributed by atoms with E-state index in [0.29, 0.717) is 0 Å². The summed E-state index contributed by atoms with van der Waals surface area (Å²) in [6.45, 7) is 0. The van der Waals surface area contributed by atoms with Crippen LogP contribution in [0.2, 0.25) is 0 Å². The molecule has 0 fully saturated rings. The molecule has 9 aromatic rings. The molecule has 0 unspecified atom stereocenters. The Labute approximate surface area is 358 Å². The minimum Gasteiger partial charge on any atom is -0.309 e. The van der Waals surface area contributed by atoms with Crippen LogP contribution in [0.4, 0.5) is 17.1 Å². The molecule has 9 aromatic carbocycles. The van der Waals surface area contributed by atoms with Gasteiger partial charge >= 0.3 is 0 Å². The molecule has 0 spiro atoms. The highest BCUT2D eigenvalue weighted by Gasteiger charge is 2.25. The predicted octanol–water partition coefficient (Wildman–Crippen LogP) is 16.7. The summed E-state index contributed by atoms with van der Waals surface area (Å²) in [4.78, 5) is 2.52. The van der Waals surface area contributed by atoms with Gasteiger partial charge in [0, 0.05) is 16.6 Å². The third-order valence-electron chi connectivity index (χ3n) is 12.6. The van der Waals surface area contributed by atoms with Gasteiger partial charge in [0.15, 0.2) is 0 Å². The minimum atomic E-state index is 0.968. The van der Waals surface area contributed by atoms with E-state index in [9.17, 15) is 0 Å². The minimum absolute atomic E-state index is 0.968. The van der Waals surface area contributed by atoms with Crippen molar-refractivity contribution in [3.8, 4) is 33.4 Å². The lowest BCUT2D eigenvalue weighted by Gasteiger charge is -2.31. The standard InChI is InChI=1S/C60H45N/c1-5-17-42(18-6-1)43-31-34-50(35-32-43)61(59-38-37-52(44-19-7-2-8-20-44)54-27-15-16-28-55(54)59)60-41-57(45-21-9-3-10-22-45)56(40-58(60)46-23-11-4-12-24-46)49-33-36-53-48(39-49)30-29-47-25-13-14-26-51(47)53/h2-5,7-32,34-35,37-41H,1,6,33,36H2. The van der Waals surface area contributed by atoms with Crippen LogP contribution in [-0.2, 0) is 6.42 Å². The third kappa shape index (κ3) is 6.89. The summed E-state index contributed by atoms with van der Waals surface area (Å²) in [5.41, 5.74) is 18.6. The fraction of sp³-hybridized carbons (Fsp3) is 0.0667. The van der Waals surface area contributed by atoms with E-state index in [1.54, 1.807) is 0 Å². The SMILES string of the molecule is C1=CC(c2ccc(N(c3cc(-c4ccccc4)c(C4=Cc5ccc6ccccc6c5CC4)cc3-c3ccccc3)c3ccc(-c4ccccc4)c4ccccc34)cc2)=CCC1. The van der Waals surface area contributed by atoms with Gasteiger partial charge in [0.25, 0.3) is 0 Å². The number of fused-ring (bicyclic) bond motifs is 4. The van der Waals surface area contributed by atoms with Gasteiger partial charge in [-0.05, 0) is 133 Å². The molecule has 290 valence electrons. The Bertz CT molecular complexity index is 3150. The van der Waals surface area contributed by atoms with Crippen molar-refractivity contribution in [3.05, 3.63) is 241 Å². The molecule has 0 heterocycles. The summed E-state index contributed by atoms with van der Waals surface area (Å²) in [7, 11) is 0. The van der Waals surface area contributed by atoms with Crippen LogP contribution in [-0.4, -0.2) is 0 Å². The lowest BCUT2D eigenvalue weighted by Crippen LogP contribution is -2.13. The van der Waals surface area contributed by atoms with Crippen LogP contribution < -0.4 is 4.90 Å². The maximum absolute atomic E-state index is 2.52. The predicted molar refractivity (Wildman–Crippen MR) is 261 cm³/mol. The number of aryl methyl sites for hydroxylation is 1. The number of rotatable bonds is 8. The Morgan fingerprint density at radius 2 is 1.03 bits per heavy atom. The highest BCUT2D eigenvalue weighted by molar-refractivity contribution is 6.08. The zero-order valence-electron chi connectivity index (χ0n) is 34.1. The normalized spacial score (nSPS) is 13.4. The molecule has 0 radical (unpaired) electrons. The van der Waals surface area contributed by atoms with Crippen molar-refractivity contribution in [2.24, 2.45) is 0 Å². The Hall–Kier alpha value is -7.48. The number of hydrogen-bond acceptors (Lipinski definition) is 1. The summed E-state index contributed by atoms with van der Waals surface area (Å²) >= 11 is 0.